The number of benzene rings is 1. The van der Waals surface area contributed by atoms with Gasteiger partial charge in [-0.05, 0) is 39.8 Å². The quantitative estimate of drug-likeness (QED) is 0.582. The summed E-state index contributed by atoms with van der Waals surface area (Å²) >= 11 is 0. The molecular formula is C20H24N2O6. The number of hydrogen-bond donors (Lipinski definition) is 0. The van der Waals surface area contributed by atoms with Gasteiger partial charge in [-0.15, -0.1) is 0 Å². The number of likely N-dealkylation sites (tertiary alicyclic amines) is 1. The summed E-state index contributed by atoms with van der Waals surface area (Å²) in [4.78, 5) is 52.9. The van der Waals surface area contributed by atoms with Gasteiger partial charge in [0.15, 0.2) is 0 Å². The van der Waals surface area contributed by atoms with Crippen LogP contribution in [0.3, 0.4) is 0 Å². The Kier molecular flexibility index (Phi) is 5.14. The van der Waals surface area contributed by atoms with Crippen LogP contribution in [0.2, 0.25) is 0 Å². The number of ether oxygens (including phenoxy) is 2. The number of carbonyl (C=O) groups is 4. The summed E-state index contributed by atoms with van der Waals surface area (Å²) in [6, 6.07) is 5.03. The van der Waals surface area contributed by atoms with Gasteiger partial charge in [-0.3, -0.25) is 19.4 Å². The maximum atomic E-state index is 12.8. The second-order valence-electron chi connectivity index (χ2n) is 7.82. The van der Waals surface area contributed by atoms with Crippen molar-refractivity contribution in [2.75, 3.05) is 13.2 Å². The number of esters is 1. The highest BCUT2D eigenvalue weighted by Gasteiger charge is 2.49. The lowest BCUT2D eigenvalue weighted by Crippen LogP contribution is -2.45. The minimum absolute atomic E-state index is 0.0177. The van der Waals surface area contributed by atoms with E-state index < -0.39 is 41.6 Å². The molecule has 0 radical (unpaired) electrons. The lowest BCUT2D eigenvalue weighted by atomic mass is 10.1. The molecule has 2 unspecified atom stereocenters. The molecule has 1 aromatic carbocycles. The fourth-order valence-electron chi connectivity index (χ4n) is 3.52. The molecule has 8 heteroatoms. The molecule has 1 aromatic rings. The average Bonchev–Trinajstić information content (AvgIpc) is 3.15. The van der Waals surface area contributed by atoms with E-state index >= 15 is 0 Å². The summed E-state index contributed by atoms with van der Waals surface area (Å²) in [5.74, 6) is -1.41. The fraction of sp³-hybridized carbons (Fsp3) is 0.500. The zero-order valence-corrected chi connectivity index (χ0v) is 16.4. The molecule has 0 spiro atoms. The molecule has 3 rings (SSSR count). The molecule has 1 saturated heterocycles. The highest BCUT2D eigenvalue weighted by molar-refractivity contribution is 6.21. The van der Waals surface area contributed by atoms with Gasteiger partial charge in [0, 0.05) is 13.0 Å². The monoisotopic (exact) mass is 388 g/mol. The molecular weight excluding hydrogens is 364 g/mol. The molecule has 0 bridgehead atoms. The van der Waals surface area contributed by atoms with Crippen molar-refractivity contribution in [3.8, 4) is 0 Å². The molecule has 2 heterocycles. The molecule has 8 nitrogen and oxygen atoms in total. The van der Waals surface area contributed by atoms with Crippen molar-refractivity contribution in [1.29, 1.82) is 0 Å². The number of fused-ring (bicyclic) bond motifs is 1. The van der Waals surface area contributed by atoms with E-state index in [0.29, 0.717) is 11.1 Å². The minimum Gasteiger partial charge on any atom is -0.464 e. The van der Waals surface area contributed by atoms with Crippen LogP contribution in [0.25, 0.3) is 0 Å². The van der Waals surface area contributed by atoms with Crippen LogP contribution in [0.4, 0.5) is 4.79 Å². The van der Waals surface area contributed by atoms with E-state index in [4.69, 9.17) is 9.47 Å². The first kappa shape index (κ1) is 19.9. The van der Waals surface area contributed by atoms with Crippen molar-refractivity contribution >= 4 is 23.9 Å². The number of imide groups is 1. The van der Waals surface area contributed by atoms with Gasteiger partial charge in [0.25, 0.3) is 11.8 Å². The summed E-state index contributed by atoms with van der Waals surface area (Å²) in [6.45, 7) is 7.03. The lowest BCUT2D eigenvalue weighted by Gasteiger charge is -2.27. The predicted octanol–water partition coefficient (Wildman–Crippen LogP) is 2.22. The Morgan fingerprint density at radius 1 is 1.11 bits per heavy atom. The van der Waals surface area contributed by atoms with Crippen molar-refractivity contribution in [1.82, 2.24) is 9.80 Å². The largest absolute Gasteiger partial charge is 0.464 e. The Bertz CT molecular complexity index is 793. The van der Waals surface area contributed by atoms with Crippen LogP contribution in [-0.4, -0.2) is 64.5 Å². The molecule has 150 valence electrons. The first-order valence-electron chi connectivity index (χ1n) is 9.27. The number of rotatable bonds is 3. The summed E-state index contributed by atoms with van der Waals surface area (Å²) in [7, 11) is 0. The molecule has 3 amide bonds. The molecule has 0 aromatic heterocycles. The van der Waals surface area contributed by atoms with E-state index in [0.717, 1.165) is 4.90 Å². The topological polar surface area (TPSA) is 93.2 Å². The Labute approximate surface area is 163 Å². The SMILES string of the molecule is CCOC(=O)C1CC(N2C(=O)c3ccccc3C2=O)CN1C(=O)OC(C)(C)C. The van der Waals surface area contributed by atoms with Crippen molar-refractivity contribution in [2.24, 2.45) is 0 Å². The van der Waals surface area contributed by atoms with Gasteiger partial charge in [0.05, 0.1) is 23.8 Å². The van der Waals surface area contributed by atoms with Crippen molar-refractivity contribution in [3.63, 3.8) is 0 Å². The number of amides is 3. The molecule has 1 fully saturated rings. The second-order valence-corrected chi connectivity index (χ2v) is 7.82. The van der Waals surface area contributed by atoms with Gasteiger partial charge >= 0.3 is 12.1 Å². The predicted molar refractivity (Wildman–Crippen MR) is 98.7 cm³/mol. The van der Waals surface area contributed by atoms with Crippen LogP contribution in [0.15, 0.2) is 24.3 Å². The highest BCUT2D eigenvalue weighted by Crippen LogP contribution is 2.31. The van der Waals surface area contributed by atoms with E-state index in [1.807, 2.05) is 0 Å². The first-order valence-corrected chi connectivity index (χ1v) is 9.27. The normalized spacial score (nSPS) is 21.7. The maximum Gasteiger partial charge on any atom is 0.411 e. The second kappa shape index (κ2) is 7.26. The molecule has 0 N–H and O–H groups in total. The Morgan fingerprint density at radius 2 is 1.68 bits per heavy atom. The van der Waals surface area contributed by atoms with Crippen LogP contribution in [0.5, 0.6) is 0 Å². The molecule has 2 aliphatic heterocycles. The van der Waals surface area contributed by atoms with Crippen LogP contribution >= 0.6 is 0 Å². The lowest BCUT2D eigenvalue weighted by molar-refractivity contribution is -0.148. The van der Waals surface area contributed by atoms with Gasteiger partial charge in [-0.25, -0.2) is 9.59 Å². The standard InChI is InChI=1S/C20H24N2O6/c1-5-27-18(25)15-10-12(11-21(15)19(26)28-20(2,3)4)22-16(23)13-8-6-7-9-14(13)17(22)24/h6-9,12,15H,5,10-11H2,1-4H3. The van der Waals surface area contributed by atoms with E-state index in [2.05, 4.69) is 0 Å². The van der Waals surface area contributed by atoms with E-state index in [1.165, 1.54) is 4.90 Å². The first-order chi connectivity index (χ1) is 13.1. The molecule has 0 saturated carbocycles. The van der Waals surface area contributed by atoms with Gasteiger partial charge in [0.1, 0.15) is 11.6 Å². The van der Waals surface area contributed by atoms with E-state index in [1.54, 1.807) is 52.0 Å². The van der Waals surface area contributed by atoms with Gasteiger partial charge in [0.2, 0.25) is 0 Å². The third kappa shape index (κ3) is 3.58. The van der Waals surface area contributed by atoms with Crippen molar-refractivity contribution in [3.05, 3.63) is 35.4 Å². The highest BCUT2D eigenvalue weighted by atomic mass is 16.6. The molecule has 0 aliphatic carbocycles. The average molecular weight is 388 g/mol. The summed E-state index contributed by atoms with van der Waals surface area (Å²) in [6.07, 6.45) is -0.562. The van der Waals surface area contributed by atoms with Crippen LogP contribution in [0.1, 0.15) is 54.8 Å². The van der Waals surface area contributed by atoms with Gasteiger partial charge in [-0.2, -0.15) is 0 Å². The van der Waals surface area contributed by atoms with Crippen LogP contribution < -0.4 is 0 Å². The maximum absolute atomic E-state index is 12.8. The van der Waals surface area contributed by atoms with Crippen molar-refractivity contribution < 1.29 is 28.7 Å². The van der Waals surface area contributed by atoms with Gasteiger partial charge in [-0.1, -0.05) is 12.1 Å². The number of nitrogens with zero attached hydrogens (tertiary/aromatic N) is 2. The summed E-state index contributed by atoms with van der Waals surface area (Å²) in [5, 5.41) is 0. The Hall–Kier alpha value is -2.90. The Morgan fingerprint density at radius 3 is 2.18 bits per heavy atom. The molecule has 2 aliphatic rings. The zero-order chi connectivity index (χ0) is 20.6. The minimum atomic E-state index is -0.913. The molecule has 28 heavy (non-hydrogen) atoms. The van der Waals surface area contributed by atoms with E-state index in [9.17, 15) is 19.2 Å². The van der Waals surface area contributed by atoms with E-state index in [-0.39, 0.29) is 19.6 Å². The zero-order valence-electron chi connectivity index (χ0n) is 16.4. The molecule has 2 atom stereocenters. The number of hydrogen-bond acceptors (Lipinski definition) is 6. The third-order valence-electron chi connectivity index (χ3n) is 4.66. The summed E-state index contributed by atoms with van der Waals surface area (Å²) in [5.41, 5.74) is -0.0871. The Balaban J connectivity index is 1.86. The fourth-order valence-corrected chi connectivity index (χ4v) is 3.52. The third-order valence-corrected chi connectivity index (χ3v) is 4.66. The summed E-state index contributed by atoms with van der Waals surface area (Å²) < 4.78 is 10.5. The number of carbonyl (C=O) groups excluding carboxylic acids is 4. The van der Waals surface area contributed by atoms with Gasteiger partial charge < -0.3 is 9.47 Å². The smallest absolute Gasteiger partial charge is 0.411 e. The van der Waals surface area contributed by atoms with Crippen molar-refractivity contribution in [2.45, 2.75) is 51.8 Å². The van der Waals surface area contributed by atoms with Crippen LogP contribution in [-0.2, 0) is 14.3 Å². The van der Waals surface area contributed by atoms with Crippen LogP contribution in [0, 0.1) is 0 Å².